The van der Waals surface area contributed by atoms with Gasteiger partial charge in [-0.25, -0.2) is 4.79 Å². The van der Waals surface area contributed by atoms with E-state index in [0.717, 1.165) is 29.7 Å². The van der Waals surface area contributed by atoms with Crippen molar-refractivity contribution < 1.29 is 19.0 Å². The van der Waals surface area contributed by atoms with E-state index in [2.05, 4.69) is 0 Å². The number of hydrogen-bond donors (Lipinski definition) is 1. The summed E-state index contributed by atoms with van der Waals surface area (Å²) >= 11 is 0. The Balaban J connectivity index is 2.15. The van der Waals surface area contributed by atoms with Crippen LogP contribution >= 0.6 is 0 Å². The van der Waals surface area contributed by atoms with Crippen molar-refractivity contribution in [3.8, 4) is 11.5 Å². The van der Waals surface area contributed by atoms with E-state index in [1.807, 2.05) is 19.1 Å². The van der Waals surface area contributed by atoms with Crippen LogP contribution in [0.5, 0.6) is 11.5 Å². The zero-order valence-corrected chi connectivity index (χ0v) is 12.0. The first kappa shape index (κ1) is 14.7. The fourth-order valence-corrected chi connectivity index (χ4v) is 2.46. The molecule has 1 aliphatic carbocycles. The van der Waals surface area contributed by atoms with Crippen molar-refractivity contribution in [2.75, 3.05) is 19.8 Å². The maximum Gasteiger partial charge on any atom is 0.344 e. The van der Waals surface area contributed by atoms with Crippen LogP contribution in [0.4, 0.5) is 0 Å². The summed E-state index contributed by atoms with van der Waals surface area (Å²) in [5, 5.41) is 0. The third-order valence-corrected chi connectivity index (χ3v) is 3.23. The molecular formula is C15H21NO4. The average molecular weight is 279 g/mol. The van der Waals surface area contributed by atoms with Gasteiger partial charge in [0.2, 0.25) is 0 Å². The summed E-state index contributed by atoms with van der Waals surface area (Å²) in [6.45, 7) is 4.61. The summed E-state index contributed by atoms with van der Waals surface area (Å²) < 4.78 is 16.0. The molecule has 1 unspecified atom stereocenters. The average Bonchev–Trinajstić information content (AvgIpc) is 2.80. The minimum Gasteiger partial charge on any atom is -0.494 e. The molecule has 1 atom stereocenters. The third kappa shape index (κ3) is 3.22. The maximum atomic E-state index is 11.4. The Kier molecular flexibility index (Phi) is 4.84. The van der Waals surface area contributed by atoms with E-state index in [0.29, 0.717) is 19.0 Å². The molecule has 2 rings (SSSR count). The van der Waals surface area contributed by atoms with E-state index in [-0.39, 0.29) is 18.6 Å². The van der Waals surface area contributed by atoms with Crippen LogP contribution in [0, 0.1) is 0 Å². The van der Waals surface area contributed by atoms with E-state index < -0.39 is 0 Å². The van der Waals surface area contributed by atoms with Crippen molar-refractivity contribution in [2.24, 2.45) is 5.73 Å². The molecule has 0 fully saturated rings. The van der Waals surface area contributed by atoms with Crippen LogP contribution in [0.15, 0.2) is 12.1 Å². The molecule has 2 N–H and O–H groups in total. The molecule has 0 spiro atoms. The van der Waals surface area contributed by atoms with E-state index >= 15 is 0 Å². The van der Waals surface area contributed by atoms with Gasteiger partial charge in [0.25, 0.3) is 0 Å². The lowest BCUT2D eigenvalue weighted by Gasteiger charge is -2.13. The molecule has 1 aromatic rings. The molecule has 20 heavy (non-hydrogen) atoms. The summed E-state index contributed by atoms with van der Waals surface area (Å²) in [7, 11) is 0. The first-order valence-electron chi connectivity index (χ1n) is 6.97. The van der Waals surface area contributed by atoms with Crippen molar-refractivity contribution in [1.29, 1.82) is 0 Å². The van der Waals surface area contributed by atoms with Crippen LogP contribution < -0.4 is 15.2 Å². The fourth-order valence-electron chi connectivity index (χ4n) is 2.46. The van der Waals surface area contributed by atoms with Gasteiger partial charge in [0.05, 0.1) is 13.2 Å². The van der Waals surface area contributed by atoms with Crippen LogP contribution in [-0.2, 0) is 22.4 Å². The van der Waals surface area contributed by atoms with Gasteiger partial charge >= 0.3 is 5.97 Å². The molecule has 110 valence electrons. The van der Waals surface area contributed by atoms with Gasteiger partial charge in [0, 0.05) is 17.2 Å². The Morgan fingerprint density at radius 1 is 1.15 bits per heavy atom. The zero-order valence-electron chi connectivity index (χ0n) is 12.0. The number of rotatable bonds is 6. The van der Waals surface area contributed by atoms with Crippen LogP contribution in [-0.4, -0.2) is 31.8 Å². The Labute approximate surface area is 119 Å². The molecule has 0 bridgehead atoms. The fraction of sp³-hybridized carbons (Fsp3) is 0.533. The van der Waals surface area contributed by atoms with E-state index in [4.69, 9.17) is 19.9 Å². The van der Waals surface area contributed by atoms with Crippen molar-refractivity contribution >= 4 is 5.97 Å². The van der Waals surface area contributed by atoms with Gasteiger partial charge < -0.3 is 19.9 Å². The van der Waals surface area contributed by atoms with Crippen LogP contribution in [0.2, 0.25) is 0 Å². The highest BCUT2D eigenvalue weighted by molar-refractivity contribution is 5.71. The highest BCUT2D eigenvalue weighted by Crippen LogP contribution is 2.36. The van der Waals surface area contributed by atoms with E-state index in [9.17, 15) is 4.79 Å². The monoisotopic (exact) mass is 279 g/mol. The van der Waals surface area contributed by atoms with Gasteiger partial charge in [0.1, 0.15) is 11.5 Å². The number of nitrogens with two attached hydrogens (primary N) is 1. The van der Waals surface area contributed by atoms with Crippen molar-refractivity contribution in [1.82, 2.24) is 0 Å². The molecule has 0 amide bonds. The summed E-state index contributed by atoms with van der Waals surface area (Å²) in [5.41, 5.74) is 8.17. The summed E-state index contributed by atoms with van der Waals surface area (Å²) in [4.78, 5) is 11.4. The maximum absolute atomic E-state index is 11.4. The standard InChI is InChI=1S/C15H21NO4/c1-3-18-13-5-6-14(20-9-15(17)19-4-2)12-8-10(16)7-11(12)13/h5-6,10H,3-4,7-9,16H2,1-2H3. The smallest absolute Gasteiger partial charge is 0.344 e. The number of benzene rings is 1. The zero-order chi connectivity index (χ0) is 14.5. The van der Waals surface area contributed by atoms with Crippen LogP contribution in [0.25, 0.3) is 0 Å². The highest BCUT2D eigenvalue weighted by Gasteiger charge is 2.25. The second kappa shape index (κ2) is 6.61. The molecule has 0 radical (unpaired) electrons. The van der Waals surface area contributed by atoms with E-state index in [1.165, 1.54) is 0 Å². The normalized spacial score (nSPS) is 16.6. The van der Waals surface area contributed by atoms with Gasteiger partial charge in [-0.3, -0.25) is 0 Å². The quantitative estimate of drug-likeness (QED) is 0.798. The first-order valence-corrected chi connectivity index (χ1v) is 6.97. The Morgan fingerprint density at radius 2 is 1.75 bits per heavy atom. The molecule has 0 saturated carbocycles. The van der Waals surface area contributed by atoms with Gasteiger partial charge in [-0.1, -0.05) is 0 Å². The second-order valence-electron chi connectivity index (χ2n) is 4.71. The van der Waals surface area contributed by atoms with Gasteiger partial charge in [0.15, 0.2) is 6.61 Å². The molecular weight excluding hydrogens is 258 g/mol. The SMILES string of the molecule is CCOC(=O)COc1ccc(OCC)c2c1CC(N)C2. The predicted molar refractivity (Wildman–Crippen MR) is 75.1 cm³/mol. The summed E-state index contributed by atoms with van der Waals surface area (Å²) in [6, 6.07) is 3.79. The largest absolute Gasteiger partial charge is 0.494 e. The number of fused-ring (bicyclic) bond motifs is 1. The van der Waals surface area contributed by atoms with Gasteiger partial charge in [-0.2, -0.15) is 0 Å². The molecule has 0 saturated heterocycles. The van der Waals surface area contributed by atoms with Crippen LogP contribution in [0.1, 0.15) is 25.0 Å². The molecule has 5 nitrogen and oxygen atoms in total. The lowest BCUT2D eigenvalue weighted by atomic mass is 10.1. The van der Waals surface area contributed by atoms with E-state index in [1.54, 1.807) is 6.92 Å². The lowest BCUT2D eigenvalue weighted by molar-refractivity contribution is -0.145. The van der Waals surface area contributed by atoms with Crippen LogP contribution in [0.3, 0.4) is 0 Å². The minimum absolute atomic E-state index is 0.0799. The third-order valence-electron chi connectivity index (χ3n) is 3.23. The van der Waals surface area contributed by atoms with Crippen molar-refractivity contribution in [3.63, 3.8) is 0 Å². The molecule has 0 heterocycles. The predicted octanol–water partition coefficient (Wildman–Crippen LogP) is 1.45. The Hall–Kier alpha value is -1.75. The topological polar surface area (TPSA) is 70.8 Å². The van der Waals surface area contributed by atoms with Crippen molar-refractivity contribution in [3.05, 3.63) is 23.3 Å². The molecule has 1 aliphatic rings. The van der Waals surface area contributed by atoms with Gasteiger partial charge in [-0.15, -0.1) is 0 Å². The molecule has 1 aromatic carbocycles. The minimum atomic E-state index is -0.363. The van der Waals surface area contributed by atoms with Crippen molar-refractivity contribution in [2.45, 2.75) is 32.7 Å². The number of hydrogen-bond acceptors (Lipinski definition) is 5. The molecule has 0 aliphatic heterocycles. The molecule has 0 aromatic heterocycles. The molecule has 5 heteroatoms. The second-order valence-corrected chi connectivity index (χ2v) is 4.71. The highest BCUT2D eigenvalue weighted by atomic mass is 16.6. The number of carbonyl (C=O) groups excluding carboxylic acids is 1. The Morgan fingerprint density at radius 3 is 2.30 bits per heavy atom. The first-order chi connectivity index (χ1) is 9.65. The van der Waals surface area contributed by atoms with Gasteiger partial charge in [-0.05, 0) is 38.8 Å². The number of carbonyl (C=O) groups is 1. The summed E-state index contributed by atoms with van der Waals surface area (Å²) in [6.07, 6.45) is 1.52. The summed E-state index contributed by atoms with van der Waals surface area (Å²) in [5.74, 6) is 1.20. The number of esters is 1. The number of ether oxygens (including phenoxy) is 3. The lowest BCUT2D eigenvalue weighted by Crippen LogP contribution is -2.19. The Bertz CT molecular complexity index is 487.